The number of benzene rings is 1. The Morgan fingerprint density at radius 2 is 2.00 bits per heavy atom. The molecule has 1 N–H and O–H groups in total. The second-order valence-corrected chi connectivity index (χ2v) is 6.23. The van der Waals surface area contributed by atoms with Gasteiger partial charge in [-0.2, -0.15) is 0 Å². The second-order valence-electron chi connectivity index (χ2n) is 6.23. The Morgan fingerprint density at radius 3 is 2.63 bits per heavy atom. The van der Waals surface area contributed by atoms with Crippen LogP contribution in [-0.4, -0.2) is 25.7 Å². The van der Waals surface area contributed by atoms with E-state index in [9.17, 15) is 0 Å². The molecule has 1 aliphatic rings. The van der Waals surface area contributed by atoms with Crippen LogP contribution in [0.5, 0.6) is 0 Å². The maximum Gasteiger partial charge on any atom is 0.0371 e. The van der Waals surface area contributed by atoms with Gasteiger partial charge in [-0.1, -0.05) is 32.9 Å². The Hall–Kier alpha value is -1.02. The average Bonchev–Trinajstić information content (AvgIpc) is 2.42. The van der Waals surface area contributed by atoms with Gasteiger partial charge in [0.2, 0.25) is 0 Å². The summed E-state index contributed by atoms with van der Waals surface area (Å²) in [5.74, 6) is 1.28. The summed E-state index contributed by atoms with van der Waals surface area (Å²) in [6.45, 7) is 10.4. The van der Waals surface area contributed by atoms with Gasteiger partial charge in [-0.05, 0) is 49.9 Å². The molecule has 0 aromatic heterocycles. The standard InChI is InChI=1S/C17H28N2/c1-12(2)15-7-6-8-16(11-15)19-10-9-17(18-5)13(3)14(19)4/h6-8,11-14,17-18H,9-10H2,1-5H3. The molecule has 0 spiro atoms. The number of anilines is 1. The summed E-state index contributed by atoms with van der Waals surface area (Å²) in [6, 6.07) is 10.3. The highest BCUT2D eigenvalue weighted by Gasteiger charge is 2.31. The van der Waals surface area contributed by atoms with Crippen molar-refractivity contribution in [2.45, 2.75) is 52.1 Å². The van der Waals surface area contributed by atoms with Gasteiger partial charge in [0.25, 0.3) is 0 Å². The summed E-state index contributed by atoms with van der Waals surface area (Å²) < 4.78 is 0. The minimum atomic E-state index is 0.591. The Balaban J connectivity index is 2.20. The number of hydrogen-bond donors (Lipinski definition) is 1. The highest BCUT2D eigenvalue weighted by molar-refractivity contribution is 5.50. The smallest absolute Gasteiger partial charge is 0.0371 e. The van der Waals surface area contributed by atoms with E-state index in [4.69, 9.17) is 0 Å². The van der Waals surface area contributed by atoms with Crippen LogP contribution >= 0.6 is 0 Å². The van der Waals surface area contributed by atoms with E-state index in [1.807, 2.05) is 0 Å². The quantitative estimate of drug-likeness (QED) is 0.892. The van der Waals surface area contributed by atoms with Gasteiger partial charge in [-0.25, -0.2) is 0 Å². The molecule has 1 aliphatic heterocycles. The third-order valence-corrected chi connectivity index (χ3v) is 4.81. The first-order valence-corrected chi connectivity index (χ1v) is 7.58. The lowest BCUT2D eigenvalue weighted by Crippen LogP contribution is -2.52. The van der Waals surface area contributed by atoms with E-state index in [-0.39, 0.29) is 0 Å². The molecule has 3 atom stereocenters. The maximum atomic E-state index is 3.46. The molecular formula is C17H28N2. The third-order valence-electron chi connectivity index (χ3n) is 4.81. The van der Waals surface area contributed by atoms with E-state index in [2.05, 4.69) is 69.2 Å². The van der Waals surface area contributed by atoms with E-state index < -0.39 is 0 Å². The molecule has 106 valence electrons. The molecule has 2 heteroatoms. The Morgan fingerprint density at radius 1 is 1.26 bits per heavy atom. The molecule has 1 heterocycles. The van der Waals surface area contributed by atoms with Gasteiger partial charge in [0.05, 0.1) is 0 Å². The molecule has 1 fully saturated rings. The number of rotatable bonds is 3. The minimum Gasteiger partial charge on any atom is -0.368 e. The van der Waals surface area contributed by atoms with Crippen LogP contribution in [0.25, 0.3) is 0 Å². The van der Waals surface area contributed by atoms with Crippen LogP contribution in [0.2, 0.25) is 0 Å². The zero-order valence-electron chi connectivity index (χ0n) is 13.0. The number of piperidine rings is 1. The third kappa shape index (κ3) is 2.94. The molecule has 2 rings (SSSR count). The summed E-state index contributed by atoms with van der Waals surface area (Å²) in [5, 5.41) is 3.46. The van der Waals surface area contributed by atoms with Crippen molar-refractivity contribution in [2.75, 3.05) is 18.5 Å². The number of nitrogens with one attached hydrogen (secondary N) is 1. The molecule has 0 aliphatic carbocycles. The van der Waals surface area contributed by atoms with Crippen molar-refractivity contribution in [3.05, 3.63) is 29.8 Å². The first-order valence-electron chi connectivity index (χ1n) is 7.58. The fourth-order valence-electron chi connectivity index (χ4n) is 3.20. The number of hydrogen-bond acceptors (Lipinski definition) is 2. The van der Waals surface area contributed by atoms with Gasteiger partial charge >= 0.3 is 0 Å². The summed E-state index contributed by atoms with van der Waals surface area (Å²) in [5.41, 5.74) is 2.83. The molecule has 2 nitrogen and oxygen atoms in total. The first-order chi connectivity index (χ1) is 9.04. The van der Waals surface area contributed by atoms with Crippen LogP contribution in [0, 0.1) is 5.92 Å². The van der Waals surface area contributed by atoms with Crippen LogP contribution in [0.4, 0.5) is 5.69 Å². The van der Waals surface area contributed by atoms with Gasteiger partial charge < -0.3 is 10.2 Å². The van der Waals surface area contributed by atoms with Gasteiger partial charge in [-0.15, -0.1) is 0 Å². The SMILES string of the molecule is CNC1CCN(c2cccc(C(C)C)c2)C(C)C1C. The van der Waals surface area contributed by atoms with Gasteiger partial charge in [0.15, 0.2) is 0 Å². The Kier molecular flexibility index (Phi) is 4.51. The van der Waals surface area contributed by atoms with Gasteiger partial charge in [-0.3, -0.25) is 0 Å². The minimum absolute atomic E-state index is 0.591. The van der Waals surface area contributed by atoms with Crippen molar-refractivity contribution in [1.29, 1.82) is 0 Å². The molecule has 1 saturated heterocycles. The van der Waals surface area contributed by atoms with Crippen molar-refractivity contribution in [1.82, 2.24) is 5.32 Å². The van der Waals surface area contributed by atoms with Crippen molar-refractivity contribution < 1.29 is 0 Å². The maximum absolute atomic E-state index is 3.46. The fourth-order valence-corrected chi connectivity index (χ4v) is 3.20. The highest BCUT2D eigenvalue weighted by atomic mass is 15.2. The lowest BCUT2D eigenvalue weighted by atomic mass is 9.86. The van der Waals surface area contributed by atoms with Gasteiger partial charge in [0.1, 0.15) is 0 Å². The van der Waals surface area contributed by atoms with Crippen LogP contribution < -0.4 is 10.2 Å². The molecule has 0 amide bonds. The normalized spacial score (nSPS) is 27.9. The predicted molar refractivity (Wildman–Crippen MR) is 84.0 cm³/mol. The Bertz CT molecular complexity index is 413. The average molecular weight is 260 g/mol. The lowest BCUT2D eigenvalue weighted by molar-refractivity contribution is 0.282. The van der Waals surface area contributed by atoms with Crippen molar-refractivity contribution in [3.8, 4) is 0 Å². The van der Waals surface area contributed by atoms with Crippen molar-refractivity contribution in [3.63, 3.8) is 0 Å². The zero-order valence-corrected chi connectivity index (χ0v) is 13.0. The molecule has 0 radical (unpaired) electrons. The van der Waals surface area contributed by atoms with E-state index in [1.165, 1.54) is 17.7 Å². The van der Waals surface area contributed by atoms with Crippen LogP contribution in [0.3, 0.4) is 0 Å². The molecule has 0 saturated carbocycles. The van der Waals surface area contributed by atoms with E-state index in [1.54, 1.807) is 0 Å². The van der Waals surface area contributed by atoms with E-state index in [0.29, 0.717) is 23.9 Å². The number of nitrogens with zero attached hydrogens (tertiary/aromatic N) is 1. The molecule has 3 unspecified atom stereocenters. The van der Waals surface area contributed by atoms with Crippen molar-refractivity contribution >= 4 is 5.69 Å². The van der Waals surface area contributed by atoms with Crippen molar-refractivity contribution in [2.24, 2.45) is 5.92 Å². The monoisotopic (exact) mass is 260 g/mol. The fraction of sp³-hybridized carbons (Fsp3) is 0.647. The van der Waals surface area contributed by atoms with Crippen LogP contribution in [0.15, 0.2) is 24.3 Å². The van der Waals surface area contributed by atoms with E-state index in [0.717, 1.165) is 6.54 Å². The molecule has 19 heavy (non-hydrogen) atoms. The van der Waals surface area contributed by atoms with Crippen LogP contribution in [0.1, 0.15) is 45.6 Å². The first kappa shape index (κ1) is 14.4. The highest BCUT2D eigenvalue weighted by Crippen LogP contribution is 2.30. The molecule has 1 aromatic carbocycles. The largest absolute Gasteiger partial charge is 0.368 e. The Labute approximate surface area is 118 Å². The molecule has 1 aromatic rings. The summed E-state index contributed by atoms with van der Waals surface area (Å²) in [7, 11) is 2.09. The second kappa shape index (κ2) is 5.96. The van der Waals surface area contributed by atoms with E-state index >= 15 is 0 Å². The molecular weight excluding hydrogens is 232 g/mol. The molecule has 0 bridgehead atoms. The van der Waals surface area contributed by atoms with Crippen LogP contribution in [-0.2, 0) is 0 Å². The summed E-state index contributed by atoms with van der Waals surface area (Å²) >= 11 is 0. The lowest BCUT2D eigenvalue weighted by Gasteiger charge is -2.44. The van der Waals surface area contributed by atoms with Gasteiger partial charge in [0, 0.05) is 24.3 Å². The predicted octanol–water partition coefficient (Wildman–Crippen LogP) is 3.63. The summed E-state index contributed by atoms with van der Waals surface area (Å²) in [4.78, 5) is 2.57. The summed E-state index contributed by atoms with van der Waals surface area (Å²) in [6.07, 6.45) is 1.23. The zero-order chi connectivity index (χ0) is 14.0. The topological polar surface area (TPSA) is 15.3 Å².